The minimum absolute atomic E-state index is 0.00914. The molecule has 1 amide bonds. The second-order valence-electron chi connectivity index (χ2n) is 2.70. The van der Waals surface area contributed by atoms with Crippen molar-refractivity contribution in [1.82, 2.24) is 4.72 Å². The number of carbonyl (C=O) groups is 1. The van der Waals surface area contributed by atoms with Crippen molar-refractivity contribution in [2.24, 2.45) is 0 Å². The highest BCUT2D eigenvalue weighted by atomic mass is 79.9. The summed E-state index contributed by atoms with van der Waals surface area (Å²) in [5, 5.41) is 0.118. The summed E-state index contributed by atoms with van der Waals surface area (Å²) in [7, 11) is -3.71. The molecule has 0 saturated heterocycles. The Morgan fingerprint density at radius 3 is 2.64 bits per heavy atom. The Morgan fingerprint density at radius 2 is 2.00 bits per heavy atom. The van der Waals surface area contributed by atoms with E-state index < -0.39 is 15.9 Å². The molecule has 0 aliphatic carbocycles. The van der Waals surface area contributed by atoms with Crippen LogP contribution in [0, 0.1) is 0 Å². The normalized spacial score (nSPS) is 17.7. The summed E-state index contributed by atoms with van der Waals surface area (Å²) in [6.07, 6.45) is 0. The number of halogens is 2. The van der Waals surface area contributed by atoms with Crippen LogP contribution in [0.4, 0.5) is 0 Å². The minimum Gasteiger partial charge on any atom is -0.268 e. The first-order chi connectivity index (χ1) is 6.42. The number of nitrogens with one attached hydrogen (secondary N) is 1. The van der Waals surface area contributed by atoms with Crippen LogP contribution in [0.1, 0.15) is 10.4 Å². The second kappa shape index (κ2) is 2.95. The first kappa shape index (κ1) is 9.95. The predicted molar refractivity (Wildman–Crippen MR) is 53.8 cm³/mol. The van der Waals surface area contributed by atoms with Gasteiger partial charge in [-0.05, 0) is 12.1 Å². The Morgan fingerprint density at radius 1 is 1.36 bits per heavy atom. The second-order valence-corrected chi connectivity index (χ2v) is 5.67. The predicted octanol–water partition coefficient (Wildman–Crippen LogP) is 1.53. The van der Waals surface area contributed by atoms with Crippen LogP contribution in [-0.4, -0.2) is 14.3 Å². The van der Waals surface area contributed by atoms with E-state index >= 15 is 0 Å². The molecule has 14 heavy (non-hydrogen) atoms. The van der Waals surface area contributed by atoms with Crippen molar-refractivity contribution in [2.75, 3.05) is 0 Å². The van der Waals surface area contributed by atoms with Crippen LogP contribution in [0.15, 0.2) is 21.5 Å². The molecule has 2 rings (SSSR count). The highest BCUT2D eigenvalue weighted by Gasteiger charge is 2.34. The molecule has 1 aromatic rings. The molecule has 1 aromatic carbocycles. The zero-order valence-electron chi connectivity index (χ0n) is 6.54. The highest BCUT2D eigenvalue weighted by molar-refractivity contribution is 9.10. The summed E-state index contributed by atoms with van der Waals surface area (Å²) < 4.78 is 25.1. The fourth-order valence-electron chi connectivity index (χ4n) is 1.21. The summed E-state index contributed by atoms with van der Waals surface area (Å²) >= 11 is 8.84. The van der Waals surface area contributed by atoms with Crippen LogP contribution in [0.5, 0.6) is 0 Å². The van der Waals surface area contributed by atoms with Gasteiger partial charge in [-0.1, -0.05) is 27.5 Å². The monoisotopic (exact) mass is 295 g/mol. The lowest BCUT2D eigenvalue weighted by Crippen LogP contribution is -2.20. The van der Waals surface area contributed by atoms with Crippen LogP contribution < -0.4 is 4.72 Å². The molecular weight excluding hydrogens is 294 g/mol. The van der Waals surface area contributed by atoms with Gasteiger partial charge in [0.15, 0.2) is 0 Å². The Kier molecular flexibility index (Phi) is 2.09. The fraction of sp³-hybridized carbons (Fsp3) is 0. The third-order valence-electron chi connectivity index (χ3n) is 1.76. The molecule has 4 nitrogen and oxygen atoms in total. The van der Waals surface area contributed by atoms with E-state index in [1.807, 2.05) is 4.72 Å². The first-order valence-corrected chi connectivity index (χ1v) is 6.13. The fourth-order valence-corrected chi connectivity index (χ4v) is 3.52. The molecule has 7 heteroatoms. The quantitative estimate of drug-likeness (QED) is 0.790. The van der Waals surface area contributed by atoms with Gasteiger partial charge in [-0.2, -0.15) is 0 Å². The SMILES string of the molecule is O=C1NS(=O)(=O)c2cc(Br)cc(Cl)c21. The molecule has 0 saturated carbocycles. The van der Waals surface area contributed by atoms with Crippen molar-refractivity contribution in [3.8, 4) is 0 Å². The van der Waals surface area contributed by atoms with Gasteiger partial charge in [-0.25, -0.2) is 13.1 Å². The molecule has 1 heterocycles. The summed E-state index contributed by atoms with van der Waals surface area (Å²) in [5.74, 6) is -0.683. The molecule has 74 valence electrons. The zero-order valence-corrected chi connectivity index (χ0v) is 9.70. The Bertz CT molecular complexity index is 540. The number of amides is 1. The van der Waals surface area contributed by atoms with Gasteiger partial charge in [0.1, 0.15) is 4.90 Å². The molecular formula is C7H3BrClNO3S. The standard InChI is InChI=1S/C7H3BrClNO3S/c8-3-1-4(9)6-5(2-3)14(12,13)10-7(6)11/h1-2H,(H,10,11). The van der Waals surface area contributed by atoms with E-state index in [1.54, 1.807) is 0 Å². The first-order valence-electron chi connectivity index (χ1n) is 3.48. The van der Waals surface area contributed by atoms with Gasteiger partial charge in [0, 0.05) is 4.47 Å². The van der Waals surface area contributed by atoms with E-state index in [2.05, 4.69) is 15.9 Å². The van der Waals surface area contributed by atoms with Gasteiger partial charge in [0.2, 0.25) is 0 Å². The third kappa shape index (κ3) is 1.34. The van der Waals surface area contributed by atoms with E-state index in [-0.39, 0.29) is 15.5 Å². The van der Waals surface area contributed by atoms with Crippen molar-refractivity contribution in [3.05, 3.63) is 27.2 Å². The van der Waals surface area contributed by atoms with E-state index in [1.165, 1.54) is 12.1 Å². The molecule has 1 aliphatic heterocycles. The Hall–Kier alpha value is -0.590. The summed E-state index contributed by atoms with van der Waals surface area (Å²) in [6.45, 7) is 0. The van der Waals surface area contributed by atoms with Crippen molar-refractivity contribution in [1.29, 1.82) is 0 Å². The molecule has 0 fully saturated rings. The number of carbonyl (C=O) groups excluding carboxylic acids is 1. The van der Waals surface area contributed by atoms with Crippen LogP contribution in [-0.2, 0) is 10.0 Å². The topological polar surface area (TPSA) is 63.2 Å². The molecule has 0 spiro atoms. The van der Waals surface area contributed by atoms with Crippen LogP contribution in [0.2, 0.25) is 5.02 Å². The number of hydrogen-bond acceptors (Lipinski definition) is 3. The lowest BCUT2D eigenvalue weighted by Gasteiger charge is -1.98. The minimum atomic E-state index is -3.71. The maximum absolute atomic E-state index is 11.4. The van der Waals surface area contributed by atoms with Crippen molar-refractivity contribution in [2.45, 2.75) is 4.90 Å². The van der Waals surface area contributed by atoms with E-state index in [0.717, 1.165) is 0 Å². The van der Waals surface area contributed by atoms with E-state index in [9.17, 15) is 13.2 Å². The van der Waals surface area contributed by atoms with Crippen molar-refractivity contribution >= 4 is 43.5 Å². The molecule has 0 bridgehead atoms. The molecule has 1 aliphatic rings. The van der Waals surface area contributed by atoms with Crippen molar-refractivity contribution < 1.29 is 13.2 Å². The maximum Gasteiger partial charge on any atom is 0.267 e. The maximum atomic E-state index is 11.4. The molecule has 0 aromatic heterocycles. The van der Waals surface area contributed by atoms with Gasteiger partial charge in [0.25, 0.3) is 15.9 Å². The Balaban J connectivity index is 2.89. The highest BCUT2D eigenvalue weighted by Crippen LogP contribution is 2.32. The van der Waals surface area contributed by atoms with Crippen LogP contribution in [0.25, 0.3) is 0 Å². The number of rotatable bonds is 0. The zero-order chi connectivity index (χ0) is 10.5. The molecule has 1 N–H and O–H groups in total. The van der Waals surface area contributed by atoms with Gasteiger partial charge in [-0.3, -0.25) is 4.79 Å². The third-order valence-corrected chi connectivity index (χ3v) is 3.87. The number of sulfonamides is 1. The largest absolute Gasteiger partial charge is 0.268 e. The van der Waals surface area contributed by atoms with E-state index in [4.69, 9.17) is 11.6 Å². The van der Waals surface area contributed by atoms with E-state index in [0.29, 0.717) is 4.47 Å². The molecule has 0 atom stereocenters. The van der Waals surface area contributed by atoms with Gasteiger partial charge in [0.05, 0.1) is 10.6 Å². The van der Waals surface area contributed by atoms with Gasteiger partial charge >= 0.3 is 0 Å². The average Bonchev–Trinajstić information content (AvgIpc) is 2.21. The van der Waals surface area contributed by atoms with Crippen LogP contribution >= 0.6 is 27.5 Å². The molecule has 0 radical (unpaired) electrons. The Labute approximate surface area is 93.4 Å². The number of hydrogen-bond donors (Lipinski definition) is 1. The van der Waals surface area contributed by atoms with Crippen LogP contribution in [0.3, 0.4) is 0 Å². The average molecular weight is 297 g/mol. The lowest BCUT2D eigenvalue weighted by atomic mass is 10.2. The smallest absolute Gasteiger partial charge is 0.267 e. The van der Waals surface area contributed by atoms with Gasteiger partial charge in [-0.15, -0.1) is 0 Å². The summed E-state index contributed by atoms with van der Waals surface area (Å²) in [5.41, 5.74) is 0.00914. The molecule has 0 unspecified atom stereocenters. The summed E-state index contributed by atoms with van der Waals surface area (Å²) in [4.78, 5) is 11.1. The number of benzene rings is 1. The number of fused-ring (bicyclic) bond motifs is 1. The lowest BCUT2D eigenvalue weighted by molar-refractivity contribution is 0.0985. The van der Waals surface area contributed by atoms with Gasteiger partial charge < -0.3 is 0 Å². The van der Waals surface area contributed by atoms with Crippen molar-refractivity contribution in [3.63, 3.8) is 0 Å². The summed E-state index contributed by atoms with van der Waals surface area (Å²) in [6, 6.07) is 2.81.